The van der Waals surface area contributed by atoms with Crippen molar-refractivity contribution in [3.63, 3.8) is 0 Å². The van der Waals surface area contributed by atoms with Crippen molar-refractivity contribution >= 4 is 66.4 Å². The molecule has 2 aliphatic carbocycles. The van der Waals surface area contributed by atoms with Gasteiger partial charge in [-0.2, -0.15) is 0 Å². The maximum atomic E-state index is 17.3. The Bertz CT molecular complexity index is 4070. The summed E-state index contributed by atoms with van der Waals surface area (Å²) in [5, 5.41) is 5.74. The van der Waals surface area contributed by atoms with Gasteiger partial charge < -0.3 is 9.80 Å². The van der Waals surface area contributed by atoms with Crippen LogP contribution in [0.25, 0.3) is 76.8 Å². The normalized spacial score (nSPS) is 13.7. The Hall–Kier alpha value is -9.00. The first-order valence-corrected chi connectivity index (χ1v) is 25.8. The van der Waals surface area contributed by atoms with E-state index in [0.29, 0.717) is 11.4 Å². The van der Waals surface area contributed by atoms with Gasteiger partial charge in [0.1, 0.15) is 23.3 Å². The van der Waals surface area contributed by atoms with Crippen LogP contribution in [0.2, 0.25) is 0 Å². The van der Waals surface area contributed by atoms with Gasteiger partial charge in [-0.25, -0.2) is 17.6 Å². The maximum absolute atomic E-state index is 17.3. The van der Waals surface area contributed by atoms with Gasteiger partial charge in [0.05, 0.1) is 34.1 Å². The van der Waals surface area contributed by atoms with Gasteiger partial charge in [0, 0.05) is 32.7 Å². The minimum absolute atomic E-state index is 0.332. The van der Waals surface area contributed by atoms with E-state index in [9.17, 15) is 8.78 Å². The predicted octanol–water partition coefficient (Wildman–Crippen LogP) is 20.0. The van der Waals surface area contributed by atoms with Crippen molar-refractivity contribution in [2.45, 2.75) is 38.5 Å². The molecule has 0 aliphatic heterocycles. The maximum Gasteiger partial charge on any atom is 0.147 e. The molecule has 0 spiro atoms. The van der Waals surface area contributed by atoms with Crippen molar-refractivity contribution in [3.8, 4) is 44.5 Å². The number of anilines is 6. The number of nitrogens with zero attached hydrogens (tertiary/aromatic N) is 2. The summed E-state index contributed by atoms with van der Waals surface area (Å²) in [6, 6.07) is 69.4. The van der Waals surface area contributed by atoms with Gasteiger partial charge in [-0.1, -0.05) is 173 Å². The lowest BCUT2D eigenvalue weighted by atomic mass is 9.82. The van der Waals surface area contributed by atoms with Crippen LogP contribution in [0.4, 0.5) is 51.7 Å². The molecule has 0 saturated carbocycles. The number of rotatable bonds is 8. The van der Waals surface area contributed by atoms with E-state index < -0.39 is 11.6 Å². The average Bonchev–Trinajstić information content (AvgIpc) is 3.88. The molecule has 0 fully saturated rings. The second-order valence-corrected chi connectivity index (χ2v) is 21.3. The molecule has 0 bridgehead atoms. The fourth-order valence-electron chi connectivity index (χ4n) is 12.8. The summed E-state index contributed by atoms with van der Waals surface area (Å²) >= 11 is 0. The molecule has 14 rings (SSSR count). The van der Waals surface area contributed by atoms with Gasteiger partial charge in [-0.15, -0.1) is 0 Å². The Balaban J connectivity index is 1.05. The highest BCUT2D eigenvalue weighted by Gasteiger charge is 2.40. The first-order valence-electron chi connectivity index (χ1n) is 25.8. The lowest BCUT2D eigenvalue weighted by Crippen LogP contribution is -2.17. The van der Waals surface area contributed by atoms with Gasteiger partial charge in [-0.3, -0.25) is 0 Å². The summed E-state index contributed by atoms with van der Waals surface area (Å²) in [7, 11) is 0. The molecule has 76 heavy (non-hydrogen) atoms. The first-order chi connectivity index (χ1) is 36.9. The standard InChI is InChI=1S/C70H48F4N2/c1-69(2)53-13-7-5-11-49(53)67-55(69)15-9-17-61(67)75(63-39-45(25-35-57(63)73)41-19-29-47(71)30-20-41)59-37-27-43-24-34-52-60(38-28-44-23-33-51(59)65(43)66(44)52)76(64-40-46(26-36-58(64)74)42-21-31-48(72)32-22-42)62-18-10-16-56-68(62)50-12-6-8-14-54(50)70(56,3)4/h5-40H,1-4H3. The number of hydrogen-bond donors (Lipinski definition) is 0. The summed E-state index contributed by atoms with van der Waals surface area (Å²) in [5.41, 5.74) is 15.1. The second-order valence-electron chi connectivity index (χ2n) is 21.3. The molecule has 0 atom stereocenters. The quantitative estimate of drug-likeness (QED) is 0.111. The van der Waals surface area contributed by atoms with Crippen LogP contribution in [-0.2, 0) is 10.8 Å². The zero-order chi connectivity index (χ0) is 51.8. The molecule has 0 saturated heterocycles. The molecule has 6 heteroatoms. The topological polar surface area (TPSA) is 6.48 Å². The summed E-state index contributed by atoms with van der Waals surface area (Å²) in [4.78, 5) is 4.14. The van der Waals surface area contributed by atoms with Gasteiger partial charge >= 0.3 is 0 Å². The Morgan fingerprint density at radius 2 is 0.671 bits per heavy atom. The fourth-order valence-corrected chi connectivity index (χ4v) is 12.8. The largest absolute Gasteiger partial charge is 0.306 e. The summed E-state index contributed by atoms with van der Waals surface area (Å²) < 4.78 is 63.3. The van der Waals surface area contributed by atoms with Crippen LogP contribution in [0.1, 0.15) is 49.9 Å². The van der Waals surface area contributed by atoms with E-state index in [1.165, 1.54) is 47.5 Å². The predicted molar refractivity (Wildman–Crippen MR) is 305 cm³/mol. The highest BCUT2D eigenvalue weighted by Crippen LogP contribution is 2.58. The molecule has 2 aliphatic rings. The van der Waals surface area contributed by atoms with Gasteiger partial charge in [0.25, 0.3) is 0 Å². The molecule has 0 amide bonds. The van der Waals surface area contributed by atoms with Crippen molar-refractivity contribution in [2.75, 3.05) is 9.80 Å². The van der Waals surface area contributed by atoms with Crippen molar-refractivity contribution in [1.82, 2.24) is 0 Å². The number of fused-ring (bicyclic) bond motifs is 6. The molecule has 0 heterocycles. The summed E-state index contributed by atoms with van der Waals surface area (Å²) in [6.07, 6.45) is 0. The summed E-state index contributed by atoms with van der Waals surface area (Å²) in [6.45, 7) is 8.97. The van der Waals surface area contributed by atoms with Crippen LogP contribution < -0.4 is 9.80 Å². The van der Waals surface area contributed by atoms with Crippen molar-refractivity contribution in [3.05, 3.63) is 264 Å². The molecule has 12 aromatic rings. The van der Waals surface area contributed by atoms with Crippen molar-refractivity contribution in [2.24, 2.45) is 0 Å². The Kier molecular flexibility index (Phi) is 10.1. The third kappa shape index (κ3) is 6.72. The molecule has 366 valence electrons. The molecule has 0 N–H and O–H groups in total. The van der Waals surface area contributed by atoms with E-state index in [1.54, 1.807) is 36.4 Å². The van der Waals surface area contributed by atoms with Gasteiger partial charge in [0.15, 0.2) is 0 Å². The smallest absolute Gasteiger partial charge is 0.147 e. The fraction of sp³-hybridized carbons (Fsp3) is 0.0857. The van der Waals surface area contributed by atoms with E-state index in [4.69, 9.17) is 0 Å². The van der Waals surface area contributed by atoms with Crippen LogP contribution in [0.3, 0.4) is 0 Å². The SMILES string of the molecule is CC1(C)c2ccccc2-c2c(N(c3cc(-c4ccc(F)cc4)ccc3F)c3ccc4ccc5c(N(c6cc(-c7ccc(F)cc7)ccc6F)c6cccc7c6-c6ccccc6C7(C)C)ccc6ccc3c4c65)cccc21. The Morgan fingerprint density at radius 3 is 1.09 bits per heavy atom. The highest BCUT2D eigenvalue weighted by molar-refractivity contribution is 6.28. The minimum atomic E-state index is -0.414. The molecule has 0 unspecified atom stereocenters. The van der Waals surface area contributed by atoms with Crippen LogP contribution in [0, 0.1) is 23.3 Å². The average molecular weight is 993 g/mol. The third-order valence-corrected chi connectivity index (χ3v) is 16.5. The Labute approximate surface area is 438 Å². The molecule has 0 radical (unpaired) electrons. The zero-order valence-electron chi connectivity index (χ0n) is 42.2. The van der Waals surface area contributed by atoms with Crippen molar-refractivity contribution < 1.29 is 17.6 Å². The van der Waals surface area contributed by atoms with E-state index in [0.717, 1.165) is 111 Å². The number of halogens is 4. The highest BCUT2D eigenvalue weighted by atomic mass is 19.1. The zero-order valence-corrected chi connectivity index (χ0v) is 42.2. The molecular formula is C70H48F4N2. The summed E-state index contributed by atoms with van der Waals surface area (Å²) in [5.74, 6) is -1.52. The molecule has 2 nitrogen and oxygen atoms in total. The molecular weight excluding hydrogens is 945 g/mol. The lowest BCUT2D eigenvalue weighted by Gasteiger charge is -2.32. The van der Waals surface area contributed by atoms with Crippen molar-refractivity contribution in [1.29, 1.82) is 0 Å². The minimum Gasteiger partial charge on any atom is -0.306 e. The van der Waals surface area contributed by atoms with E-state index >= 15 is 8.78 Å². The van der Waals surface area contributed by atoms with Crippen LogP contribution in [-0.4, -0.2) is 0 Å². The second kappa shape index (κ2) is 16.8. The van der Waals surface area contributed by atoms with Crippen LogP contribution in [0.15, 0.2) is 218 Å². The van der Waals surface area contributed by atoms with Gasteiger partial charge in [-0.05, 0) is 150 Å². The number of hydrogen-bond acceptors (Lipinski definition) is 2. The van der Waals surface area contributed by atoms with E-state index in [2.05, 4.69) is 171 Å². The third-order valence-electron chi connectivity index (χ3n) is 16.5. The Morgan fingerprint density at radius 1 is 0.303 bits per heavy atom. The van der Waals surface area contributed by atoms with Crippen LogP contribution >= 0.6 is 0 Å². The monoisotopic (exact) mass is 992 g/mol. The van der Waals surface area contributed by atoms with Gasteiger partial charge in [0.2, 0.25) is 0 Å². The molecule has 12 aromatic carbocycles. The van der Waals surface area contributed by atoms with E-state index in [-0.39, 0.29) is 22.5 Å². The molecule has 0 aromatic heterocycles. The van der Waals surface area contributed by atoms with E-state index in [1.807, 2.05) is 12.1 Å². The van der Waals surface area contributed by atoms with Crippen LogP contribution in [0.5, 0.6) is 0 Å². The number of benzene rings is 12. The first kappa shape index (κ1) is 45.6. The lowest BCUT2D eigenvalue weighted by molar-refractivity contribution is 0.627.